The average Bonchev–Trinajstić information content (AvgIpc) is 3.22. The van der Waals surface area contributed by atoms with E-state index in [1.54, 1.807) is 9.80 Å². The molecule has 2 aromatic carbocycles. The van der Waals surface area contributed by atoms with Gasteiger partial charge in [0.25, 0.3) is 0 Å². The number of nitrogens with zero attached hydrogens (tertiary/aromatic N) is 3. The predicted octanol–water partition coefficient (Wildman–Crippen LogP) is 2.20. The lowest BCUT2D eigenvalue weighted by Gasteiger charge is -2.36. The van der Waals surface area contributed by atoms with Crippen molar-refractivity contribution in [1.29, 1.82) is 0 Å². The Hall–Kier alpha value is -3.06. The first-order valence-corrected chi connectivity index (χ1v) is 11.7. The largest absolute Gasteiger partial charge is 0.368 e. The molecule has 0 aromatic heterocycles. The standard InChI is InChI=1S/C25H29ClN4O3/c26-21-7-4-8-22(16-21)28-11-13-29(14-12-28)24(32)17-27-25(33)20-15-23(31)30(18-20)10-9-19-5-2-1-3-6-19/h1-8,16,20H,9-15,17-18H2,(H,27,33). The lowest BCUT2D eigenvalue weighted by atomic mass is 10.1. The maximum atomic E-state index is 12.6. The minimum Gasteiger partial charge on any atom is -0.368 e. The second-order valence-electron chi connectivity index (χ2n) is 8.54. The molecular formula is C25H29ClN4O3. The molecule has 3 amide bonds. The van der Waals surface area contributed by atoms with E-state index in [2.05, 4.69) is 10.2 Å². The summed E-state index contributed by atoms with van der Waals surface area (Å²) in [4.78, 5) is 43.2. The molecule has 2 aliphatic rings. The number of carbonyl (C=O) groups excluding carboxylic acids is 3. The third kappa shape index (κ3) is 6.05. The number of likely N-dealkylation sites (tertiary alicyclic amines) is 1. The summed E-state index contributed by atoms with van der Waals surface area (Å²) in [6.07, 6.45) is 0.966. The molecule has 0 radical (unpaired) electrons. The molecule has 2 heterocycles. The van der Waals surface area contributed by atoms with Gasteiger partial charge in [0.15, 0.2) is 0 Å². The smallest absolute Gasteiger partial charge is 0.242 e. The molecular weight excluding hydrogens is 440 g/mol. The molecule has 2 fully saturated rings. The quantitative estimate of drug-likeness (QED) is 0.676. The molecule has 1 N–H and O–H groups in total. The summed E-state index contributed by atoms with van der Waals surface area (Å²) in [7, 11) is 0. The van der Waals surface area contributed by atoms with E-state index in [0.29, 0.717) is 44.3 Å². The van der Waals surface area contributed by atoms with Crippen molar-refractivity contribution in [1.82, 2.24) is 15.1 Å². The predicted molar refractivity (Wildman–Crippen MR) is 128 cm³/mol. The van der Waals surface area contributed by atoms with Crippen molar-refractivity contribution in [3.63, 3.8) is 0 Å². The van der Waals surface area contributed by atoms with Crippen molar-refractivity contribution in [3.8, 4) is 0 Å². The summed E-state index contributed by atoms with van der Waals surface area (Å²) in [5.41, 5.74) is 2.21. The molecule has 4 rings (SSSR count). The topological polar surface area (TPSA) is 73.0 Å². The lowest BCUT2D eigenvalue weighted by molar-refractivity contribution is -0.134. The number of hydrogen-bond acceptors (Lipinski definition) is 4. The Labute approximate surface area is 199 Å². The maximum absolute atomic E-state index is 12.6. The fourth-order valence-corrected chi connectivity index (χ4v) is 4.56. The van der Waals surface area contributed by atoms with Crippen LogP contribution in [0.25, 0.3) is 0 Å². The molecule has 2 saturated heterocycles. The van der Waals surface area contributed by atoms with E-state index < -0.39 is 5.92 Å². The van der Waals surface area contributed by atoms with E-state index in [1.165, 1.54) is 5.56 Å². The molecule has 2 aliphatic heterocycles. The van der Waals surface area contributed by atoms with Crippen LogP contribution in [0.1, 0.15) is 12.0 Å². The molecule has 1 atom stereocenters. The second-order valence-corrected chi connectivity index (χ2v) is 8.98. The molecule has 0 bridgehead atoms. The van der Waals surface area contributed by atoms with Gasteiger partial charge in [-0.2, -0.15) is 0 Å². The van der Waals surface area contributed by atoms with Gasteiger partial charge in [-0.15, -0.1) is 0 Å². The van der Waals surface area contributed by atoms with E-state index in [9.17, 15) is 14.4 Å². The van der Waals surface area contributed by atoms with E-state index in [1.807, 2.05) is 54.6 Å². The van der Waals surface area contributed by atoms with Gasteiger partial charge < -0.3 is 20.0 Å². The van der Waals surface area contributed by atoms with Gasteiger partial charge in [-0.05, 0) is 30.2 Å². The number of amides is 3. The molecule has 0 aliphatic carbocycles. The summed E-state index contributed by atoms with van der Waals surface area (Å²) in [5.74, 6) is -0.730. The van der Waals surface area contributed by atoms with Gasteiger partial charge >= 0.3 is 0 Å². The Balaban J connectivity index is 1.19. The van der Waals surface area contributed by atoms with Crippen LogP contribution in [0.3, 0.4) is 0 Å². The van der Waals surface area contributed by atoms with E-state index in [-0.39, 0.29) is 30.7 Å². The summed E-state index contributed by atoms with van der Waals surface area (Å²) < 4.78 is 0. The monoisotopic (exact) mass is 468 g/mol. The summed E-state index contributed by atoms with van der Waals surface area (Å²) in [6, 6.07) is 17.7. The highest BCUT2D eigenvalue weighted by Gasteiger charge is 2.34. The van der Waals surface area contributed by atoms with Crippen LogP contribution in [0.5, 0.6) is 0 Å². The normalized spacial score (nSPS) is 18.5. The van der Waals surface area contributed by atoms with E-state index in [4.69, 9.17) is 11.6 Å². The highest BCUT2D eigenvalue weighted by atomic mass is 35.5. The Morgan fingerprint density at radius 1 is 1.00 bits per heavy atom. The number of hydrogen-bond donors (Lipinski definition) is 1. The maximum Gasteiger partial charge on any atom is 0.242 e. The fraction of sp³-hybridized carbons (Fsp3) is 0.400. The van der Waals surface area contributed by atoms with Crippen LogP contribution in [-0.2, 0) is 20.8 Å². The number of carbonyl (C=O) groups is 3. The molecule has 0 spiro atoms. The van der Waals surface area contributed by atoms with Crippen LogP contribution < -0.4 is 10.2 Å². The van der Waals surface area contributed by atoms with Gasteiger partial charge in [0.2, 0.25) is 17.7 Å². The summed E-state index contributed by atoms with van der Waals surface area (Å²) >= 11 is 6.08. The number of nitrogens with one attached hydrogen (secondary N) is 1. The minimum absolute atomic E-state index is 0.00505. The first-order valence-electron chi connectivity index (χ1n) is 11.4. The Bertz CT molecular complexity index is 992. The number of rotatable bonds is 7. The molecule has 33 heavy (non-hydrogen) atoms. The highest BCUT2D eigenvalue weighted by Crippen LogP contribution is 2.21. The van der Waals surface area contributed by atoms with Crippen molar-refractivity contribution in [3.05, 3.63) is 65.2 Å². The number of halogens is 1. The van der Waals surface area contributed by atoms with Gasteiger partial charge in [0.05, 0.1) is 12.5 Å². The van der Waals surface area contributed by atoms with E-state index >= 15 is 0 Å². The number of piperazine rings is 1. The first kappa shape index (κ1) is 23.1. The highest BCUT2D eigenvalue weighted by molar-refractivity contribution is 6.30. The molecule has 7 nitrogen and oxygen atoms in total. The van der Waals surface area contributed by atoms with Gasteiger partial charge in [-0.25, -0.2) is 0 Å². The van der Waals surface area contributed by atoms with Crippen LogP contribution in [-0.4, -0.2) is 73.3 Å². The summed E-state index contributed by atoms with van der Waals surface area (Å²) in [6.45, 7) is 3.59. The van der Waals surface area contributed by atoms with Gasteiger partial charge in [0, 0.05) is 56.4 Å². The van der Waals surface area contributed by atoms with Crippen molar-refractivity contribution in [2.24, 2.45) is 5.92 Å². The van der Waals surface area contributed by atoms with Crippen molar-refractivity contribution in [2.45, 2.75) is 12.8 Å². The molecule has 174 valence electrons. The third-order valence-corrected chi connectivity index (χ3v) is 6.55. The Morgan fingerprint density at radius 2 is 1.76 bits per heavy atom. The van der Waals surface area contributed by atoms with Gasteiger partial charge in [-0.3, -0.25) is 14.4 Å². The molecule has 1 unspecified atom stereocenters. The SMILES string of the molecule is O=C(NCC(=O)N1CCN(c2cccc(Cl)c2)CC1)C1CC(=O)N(CCc2ccccc2)C1. The average molecular weight is 469 g/mol. The van der Waals surface area contributed by atoms with Crippen LogP contribution >= 0.6 is 11.6 Å². The Kier molecular flexibility index (Phi) is 7.50. The van der Waals surface area contributed by atoms with Crippen LogP contribution in [0.2, 0.25) is 5.02 Å². The van der Waals surface area contributed by atoms with Crippen LogP contribution in [0.15, 0.2) is 54.6 Å². The van der Waals surface area contributed by atoms with Crippen LogP contribution in [0.4, 0.5) is 5.69 Å². The molecule has 8 heteroatoms. The third-order valence-electron chi connectivity index (χ3n) is 6.32. The number of anilines is 1. The Morgan fingerprint density at radius 3 is 2.48 bits per heavy atom. The zero-order valence-electron chi connectivity index (χ0n) is 18.6. The van der Waals surface area contributed by atoms with Crippen LogP contribution in [0, 0.1) is 5.92 Å². The van der Waals surface area contributed by atoms with Gasteiger partial charge in [-0.1, -0.05) is 48.0 Å². The van der Waals surface area contributed by atoms with Crippen molar-refractivity contribution < 1.29 is 14.4 Å². The van der Waals surface area contributed by atoms with Crippen molar-refractivity contribution >= 4 is 35.0 Å². The van der Waals surface area contributed by atoms with E-state index in [0.717, 1.165) is 12.1 Å². The minimum atomic E-state index is -0.402. The molecule has 0 saturated carbocycles. The summed E-state index contributed by atoms with van der Waals surface area (Å²) in [5, 5.41) is 3.44. The first-order chi connectivity index (χ1) is 16.0. The molecule has 2 aromatic rings. The fourth-order valence-electron chi connectivity index (χ4n) is 4.38. The zero-order valence-corrected chi connectivity index (χ0v) is 19.3. The lowest BCUT2D eigenvalue weighted by Crippen LogP contribution is -2.51. The number of benzene rings is 2. The van der Waals surface area contributed by atoms with Gasteiger partial charge in [0.1, 0.15) is 0 Å². The zero-order chi connectivity index (χ0) is 23.2. The van der Waals surface area contributed by atoms with Crippen molar-refractivity contribution in [2.75, 3.05) is 50.7 Å². The second kappa shape index (κ2) is 10.7.